The number of anilines is 1. The third-order valence-electron chi connectivity index (χ3n) is 3.53. The Morgan fingerprint density at radius 2 is 2.41 bits per heavy atom. The fourth-order valence-corrected chi connectivity index (χ4v) is 2.44. The van der Waals surface area contributed by atoms with E-state index >= 15 is 0 Å². The number of pyridine rings is 1. The Morgan fingerprint density at radius 3 is 3.06 bits per heavy atom. The highest BCUT2D eigenvalue weighted by Crippen LogP contribution is 2.23. The summed E-state index contributed by atoms with van der Waals surface area (Å²) in [6.45, 7) is 9.94. The zero-order valence-corrected chi connectivity index (χ0v) is 11.1. The Hall–Kier alpha value is -1.09. The maximum Gasteiger partial charge on any atom is 0.128 e. The summed E-state index contributed by atoms with van der Waals surface area (Å²) in [6, 6.07) is 4.74. The number of nitrogens with zero attached hydrogens (tertiary/aromatic N) is 2. The number of rotatable bonds is 4. The quantitative estimate of drug-likeness (QED) is 0.866. The minimum Gasteiger partial charge on any atom is -0.356 e. The fourth-order valence-electron chi connectivity index (χ4n) is 2.44. The average Bonchev–Trinajstić information content (AvgIpc) is 2.76. The average molecular weight is 233 g/mol. The molecule has 0 aliphatic carbocycles. The van der Waals surface area contributed by atoms with Crippen LogP contribution < -0.4 is 10.2 Å². The maximum absolute atomic E-state index is 4.50. The molecule has 2 unspecified atom stereocenters. The van der Waals surface area contributed by atoms with Crippen molar-refractivity contribution in [3.05, 3.63) is 23.9 Å². The molecule has 0 aromatic carbocycles. The molecule has 1 saturated heterocycles. The Bertz CT molecular complexity index is 364. The van der Waals surface area contributed by atoms with Gasteiger partial charge in [0.2, 0.25) is 0 Å². The molecule has 1 fully saturated rings. The van der Waals surface area contributed by atoms with E-state index in [9.17, 15) is 0 Å². The second-order valence-corrected chi connectivity index (χ2v) is 5.07. The number of hydrogen-bond acceptors (Lipinski definition) is 3. The first kappa shape index (κ1) is 12.4. The molecular formula is C14H23N3. The lowest BCUT2D eigenvalue weighted by atomic mass is 10.1. The van der Waals surface area contributed by atoms with Crippen molar-refractivity contribution < 1.29 is 0 Å². The second-order valence-electron chi connectivity index (χ2n) is 5.07. The molecular weight excluding hydrogens is 210 g/mol. The zero-order valence-electron chi connectivity index (χ0n) is 11.1. The molecule has 1 aromatic heterocycles. The minimum absolute atomic E-state index is 0.404. The van der Waals surface area contributed by atoms with E-state index in [-0.39, 0.29) is 0 Å². The molecule has 0 amide bonds. The van der Waals surface area contributed by atoms with Crippen LogP contribution in [-0.2, 0) is 0 Å². The van der Waals surface area contributed by atoms with Crippen molar-refractivity contribution in [3.63, 3.8) is 0 Å². The molecule has 0 bridgehead atoms. The van der Waals surface area contributed by atoms with Crippen LogP contribution in [0.1, 0.15) is 38.8 Å². The van der Waals surface area contributed by atoms with E-state index in [0.717, 1.165) is 31.4 Å². The fraction of sp³-hybridized carbons (Fsp3) is 0.643. The van der Waals surface area contributed by atoms with Crippen LogP contribution in [0.4, 0.5) is 5.82 Å². The molecule has 94 valence electrons. The van der Waals surface area contributed by atoms with E-state index in [2.05, 4.69) is 48.1 Å². The van der Waals surface area contributed by atoms with E-state index in [1.54, 1.807) is 0 Å². The molecule has 1 N–H and O–H groups in total. The van der Waals surface area contributed by atoms with Gasteiger partial charge in [-0.25, -0.2) is 4.98 Å². The van der Waals surface area contributed by atoms with Crippen LogP contribution in [0.3, 0.4) is 0 Å². The molecule has 1 aromatic rings. The maximum atomic E-state index is 4.50. The van der Waals surface area contributed by atoms with Crippen LogP contribution in [0.2, 0.25) is 0 Å². The predicted octanol–water partition coefficient (Wildman–Crippen LogP) is 2.60. The number of hydrogen-bond donors (Lipinski definition) is 1. The van der Waals surface area contributed by atoms with Gasteiger partial charge in [0.1, 0.15) is 5.82 Å². The smallest absolute Gasteiger partial charge is 0.128 e. The van der Waals surface area contributed by atoms with Gasteiger partial charge in [-0.2, -0.15) is 0 Å². The summed E-state index contributed by atoms with van der Waals surface area (Å²) in [5.41, 5.74) is 1.33. The first-order valence-electron chi connectivity index (χ1n) is 6.65. The lowest BCUT2D eigenvalue weighted by Gasteiger charge is -2.19. The number of aromatic nitrogens is 1. The molecule has 0 spiro atoms. The topological polar surface area (TPSA) is 28.2 Å². The summed E-state index contributed by atoms with van der Waals surface area (Å²) < 4.78 is 0. The molecule has 3 heteroatoms. The van der Waals surface area contributed by atoms with Crippen molar-refractivity contribution in [1.29, 1.82) is 0 Å². The summed E-state index contributed by atoms with van der Waals surface area (Å²) in [6.07, 6.45) is 3.22. The summed E-state index contributed by atoms with van der Waals surface area (Å²) in [5, 5.41) is 3.44. The van der Waals surface area contributed by atoms with Crippen LogP contribution in [-0.4, -0.2) is 24.6 Å². The summed E-state index contributed by atoms with van der Waals surface area (Å²) in [4.78, 5) is 6.89. The van der Waals surface area contributed by atoms with Gasteiger partial charge in [-0.3, -0.25) is 0 Å². The van der Waals surface area contributed by atoms with Crippen molar-refractivity contribution in [3.8, 4) is 0 Å². The van der Waals surface area contributed by atoms with Gasteiger partial charge in [-0.15, -0.1) is 0 Å². The molecule has 17 heavy (non-hydrogen) atoms. The molecule has 2 rings (SSSR count). The number of nitrogens with one attached hydrogen (secondary N) is 1. The summed E-state index contributed by atoms with van der Waals surface area (Å²) >= 11 is 0. The van der Waals surface area contributed by atoms with Gasteiger partial charge in [-0.1, -0.05) is 13.8 Å². The van der Waals surface area contributed by atoms with Crippen LogP contribution in [0.25, 0.3) is 0 Å². The summed E-state index contributed by atoms with van der Waals surface area (Å²) in [5.74, 6) is 1.93. The van der Waals surface area contributed by atoms with Gasteiger partial charge in [0.25, 0.3) is 0 Å². The largest absolute Gasteiger partial charge is 0.356 e. The third-order valence-corrected chi connectivity index (χ3v) is 3.53. The van der Waals surface area contributed by atoms with Crippen molar-refractivity contribution in [1.82, 2.24) is 10.3 Å². The SMILES string of the molecule is CCNC(C)c1ccnc(N2CCC(C)C2)c1. The van der Waals surface area contributed by atoms with Crippen molar-refractivity contribution in [2.24, 2.45) is 5.92 Å². The normalized spacial score (nSPS) is 21.8. The standard InChI is InChI=1S/C14H23N3/c1-4-15-12(3)13-5-7-16-14(9-13)17-8-6-11(2)10-17/h5,7,9,11-12,15H,4,6,8,10H2,1-3H3. The van der Waals surface area contributed by atoms with Crippen molar-refractivity contribution in [2.75, 3.05) is 24.5 Å². The van der Waals surface area contributed by atoms with E-state index in [1.165, 1.54) is 12.0 Å². The molecule has 1 aliphatic heterocycles. The third kappa shape index (κ3) is 2.97. The second kappa shape index (κ2) is 5.50. The van der Waals surface area contributed by atoms with Crippen LogP contribution >= 0.6 is 0 Å². The van der Waals surface area contributed by atoms with E-state index in [0.29, 0.717) is 6.04 Å². The Balaban J connectivity index is 2.11. The lowest BCUT2D eigenvalue weighted by Crippen LogP contribution is -2.22. The zero-order chi connectivity index (χ0) is 12.3. The van der Waals surface area contributed by atoms with Gasteiger partial charge in [0.15, 0.2) is 0 Å². The molecule has 1 aliphatic rings. The molecule has 2 heterocycles. The van der Waals surface area contributed by atoms with Crippen LogP contribution in [0, 0.1) is 5.92 Å². The first-order valence-corrected chi connectivity index (χ1v) is 6.65. The van der Waals surface area contributed by atoms with Gasteiger partial charge in [0.05, 0.1) is 0 Å². The monoisotopic (exact) mass is 233 g/mol. The predicted molar refractivity (Wildman–Crippen MR) is 72.3 cm³/mol. The van der Waals surface area contributed by atoms with Crippen molar-refractivity contribution >= 4 is 5.82 Å². The highest BCUT2D eigenvalue weighted by Gasteiger charge is 2.20. The Morgan fingerprint density at radius 1 is 1.59 bits per heavy atom. The van der Waals surface area contributed by atoms with Gasteiger partial charge in [0, 0.05) is 25.3 Å². The molecule has 2 atom stereocenters. The van der Waals surface area contributed by atoms with E-state index < -0.39 is 0 Å². The van der Waals surface area contributed by atoms with E-state index in [1.807, 2.05) is 6.20 Å². The lowest BCUT2D eigenvalue weighted by molar-refractivity contribution is 0.597. The summed E-state index contributed by atoms with van der Waals surface area (Å²) in [7, 11) is 0. The van der Waals surface area contributed by atoms with Crippen LogP contribution in [0.15, 0.2) is 18.3 Å². The van der Waals surface area contributed by atoms with Gasteiger partial charge >= 0.3 is 0 Å². The highest BCUT2D eigenvalue weighted by molar-refractivity contribution is 5.42. The minimum atomic E-state index is 0.404. The molecule has 0 radical (unpaired) electrons. The first-order chi connectivity index (χ1) is 8.20. The Kier molecular flexibility index (Phi) is 4.00. The highest BCUT2D eigenvalue weighted by atomic mass is 15.2. The molecule has 3 nitrogen and oxygen atoms in total. The van der Waals surface area contributed by atoms with Crippen LogP contribution in [0.5, 0.6) is 0 Å². The van der Waals surface area contributed by atoms with Gasteiger partial charge in [-0.05, 0) is 43.5 Å². The van der Waals surface area contributed by atoms with Gasteiger partial charge < -0.3 is 10.2 Å². The molecule has 0 saturated carbocycles. The Labute approximate surface area is 104 Å². The van der Waals surface area contributed by atoms with Crippen molar-refractivity contribution in [2.45, 2.75) is 33.2 Å². The van der Waals surface area contributed by atoms with E-state index in [4.69, 9.17) is 0 Å².